The third-order valence-electron chi connectivity index (χ3n) is 3.59. The van der Waals surface area contributed by atoms with Gasteiger partial charge in [-0.05, 0) is 37.5 Å². The summed E-state index contributed by atoms with van der Waals surface area (Å²) in [6.45, 7) is 3.83. The first-order valence-corrected chi connectivity index (χ1v) is 9.39. The summed E-state index contributed by atoms with van der Waals surface area (Å²) in [6, 6.07) is 4.97. The number of nitrogens with zero attached hydrogens (tertiary/aromatic N) is 1. The van der Waals surface area contributed by atoms with E-state index in [1.807, 2.05) is 6.92 Å². The standard InChI is InChI=1S/C15H22ClNO3S/c1-2-10-20-15-7-6-14(11-13(15)12-16)21(18,19)17-8-4-3-5-9-17/h6-7,11H,2-5,8-10,12H2,1H3. The van der Waals surface area contributed by atoms with E-state index < -0.39 is 10.0 Å². The first-order chi connectivity index (χ1) is 10.1. The van der Waals surface area contributed by atoms with E-state index >= 15 is 0 Å². The topological polar surface area (TPSA) is 46.6 Å². The van der Waals surface area contributed by atoms with E-state index in [2.05, 4.69) is 0 Å². The number of piperidine rings is 1. The minimum absolute atomic E-state index is 0.238. The maximum Gasteiger partial charge on any atom is 0.243 e. The highest BCUT2D eigenvalue weighted by molar-refractivity contribution is 7.89. The summed E-state index contributed by atoms with van der Waals surface area (Å²) in [5.41, 5.74) is 0.725. The fourth-order valence-electron chi connectivity index (χ4n) is 2.43. The summed E-state index contributed by atoms with van der Waals surface area (Å²) >= 11 is 5.93. The maximum absolute atomic E-state index is 12.6. The highest BCUT2D eigenvalue weighted by atomic mass is 35.5. The van der Waals surface area contributed by atoms with Crippen molar-refractivity contribution in [2.24, 2.45) is 0 Å². The Labute approximate surface area is 132 Å². The van der Waals surface area contributed by atoms with Gasteiger partial charge < -0.3 is 4.74 Å². The lowest BCUT2D eigenvalue weighted by molar-refractivity contribution is 0.314. The molecule has 0 radical (unpaired) electrons. The minimum atomic E-state index is -3.41. The summed E-state index contributed by atoms with van der Waals surface area (Å²) in [7, 11) is -3.41. The number of halogens is 1. The smallest absolute Gasteiger partial charge is 0.243 e. The normalized spacial score (nSPS) is 16.9. The molecule has 0 bridgehead atoms. The predicted molar refractivity (Wildman–Crippen MR) is 84.4 cm³/mol. The van der Waals surface area contributed by atoms with Crippen molar-refractivity contribution in [3.05, 3.63) is 23.8 Å². The Kier molecular flexibility index (Phi) is 5.90. The van der Waals surface area contributed by atoms with Gasteiger partial charge in [-0.2, -0.15) is 4.31 Å². The van der Waals surface area contributed by atoms with Crippen molar-refractivity contribution >= 4 is 21.6 Å². The number of hydrogen-bond acceptors (Lipinski definition) is 3. The number of benzene rings is 1. The lowest BCUT2D eigenvalue weighted by Gasteiger charge is -2.26. The van der Waals surface area contributed by atoms with Crippen molar-refractivity contribution in [1.29, 1.82) is 0 Å². The van der Waals surface area contributed by atoms with Gasteiger partial charge in [0.1, 0.15) is 5.75 Å². The van der Waals surface area contributed by atoms with Crippen LogP contribution in [0.3, 0.4) is 0 Å². The van der Waals surface area contributed by atoms with Gasteiger partial charge in [-0.15, -0.1) is 11.6 Å². The van der Waals surface area contributed by atoms with Crippen molar-refractivity contribution < 1.29 is 13.2 Å². The van der Waals surface area contributed by atoms with Crippen LogP contribution in [0.15, 0.2) is 23.1 Å². The van der Waals surface area contributed by atoms with E-state index in [9.17, 15) is 8.42 Å². The molecule has 1 fully saturated rings. The quantitative estimate of drug-likeness (QED) is 0.751. The van der Waals surface area contributed by atoms with Gasteiger partial charge in [-0.1, -0.05) is 13.3 Å². The number of ether oxygens (including phenoxy) is 1. The number of alkyl halides is 1. The second-order valence-corrected chi connectivity index (χ2v) is 7.42. The molecule has 0 amide bonds. The third-order valence-corrected chi connectivity index (χ3v) is 5.77. The van der Waals surface area contributed by atoms with Crippen molar-refractivity contribution in [2.45, 2.75) is 43.4 Å². The molecule has 0 aromatic heterocycles. The Morgan fingerprint density at radius 3 is 2.57 bits per heavy atom. The molecule has 1 saturated heterocycles. The Morgan fingerprint density at radius 2 is 1.95 bits per heavy atom. The fourth-order valence-corrected chi connectivity index (χ4v) is 4.20. The molecule has 0 spiro atoms. The molecule has 6 heteroatoms. The van der Waals surface area contributed by atoms with Gasteiger partial charge in [0.25, 0.3) is 0 Å². The molecular formula is C15H22ClNO3S. The molecule has 118 valence electrons. The van der Waals surface area contributed by atoms with Crippen molar-refractivity contribution in [3.63, 3.8) is 0 Å². The van der Waals surface area contributed by atoms with Gasteiger partial charge in [-0.25, -0.2) is 8.42 Å². The molecule has 0 atom stereocenters. The van der Waals surface area contributed by atoms with Crippen LogP contribution in [0, 0.1) is 0 Å². The highest BCUT2D eigenvalue weighted by Crippen LogP contribution is 2.27. The molecule has 2 rings (SSSR count). The molecule has 0 saturated carbocycles. The van der Waals surface area contributed by atoms with E-state index in [-0.39, 0.29) is 5.88 Å². The molecule has 0 unspecified atom stereocenters. The first kappa shape index (κ1) is 16.6. The monoisotopic (exact) mass is 331 g/mol. The van der Waals surface area contributed by atoms with Gasteiger partial charge in [0.05, 0.1) is 17.4 Å². The lowest BCUT2D eigenvalue weighted by Crippen LogP contribution is -2.35. The first-order valence-electron chi connectivity index (χ1n) is 7.41. The lowest BCUT2D eigenvalue weighted by atomic mass is 10.2. The summed E-state index contributed by atoms with van der Waals surface area (Å²) in [4.78, 5) is 0.309. The van der Waals surface area contributed by atoms with E-state index in [0.29, 0.717) is 30.3 Å². The van der Waals surface area contributed by atoms with Gasteiger partial charge >= 0.3 is 0 Å². The van der Waals surface area contributed by atoms with Crippen LogP contribution >= 0.6 is 11.6 Å². The van der Waals surface area contributed by atoms with Crippen LogP contribution in [0.4, 0.5) is 0 Å². The van der Waals surface area contributed by atoms with Crippen LogP contribution < -0.4 is 4.74 Å². The SMILES string of the molecule is CCCOc1ccc(S(=O)(=O)N2CCCCC2)cc1CCl. The molecule has 1 aliphatic rings. The summed E-state index contributed by atoms with van der Waals surface area (Å²) in [5.74, 6) is 0.909. The zero-order valence-electron chi connectivity index (χ0n) is 12.3. The average molecular weight is 332 g/mol. The molecule has 4 nitrogen and oxygen atoms in total. The van der Waals surface area contributed by atoms with E-state index in [0.717, 1.165) is 31.2 Å². The number of hydrogen-bond donors (Lipinski definition) is 0. The van der Waals surface area contributed by atoms with Crippen LogP contribution in [0.5, 0.6) is 5.75 Å². The Bertz CT molecular complexity index is 568. The number of sulfonamides is 1. The summed E-state index contributed by atoms with van der Waals surface area (Å²) in [5, 5.41) is 0. The molecule has 0 N–H and O–H groups in total. The van der Waals surface area contributed by atoms with E-state index in [1.54, 1.807) is 22.5 Å². The maximum atomic E-state index is 12.6. The van der Waals surface area contributed by atoms with Crippen LogP contribution in [0.25, 0.3) is 0 Å². The molecule has 1 heterocycles. The van der Waals surface area contributed by atoms with Crippen LogP contribution in [0.1, 0.15) is 38.2 Å². The Hall–Kier alpha value is -0.780. The summed E-state index contributed by atoms with van der Waals surface area (Å²) < 4.78 is 32.4. The zero-order chi connectivity index (χ0) is 15.3. The van der Waals surface area contributed by atoms with Gasteiger partial charge in [0.15, 0.2) is 0 Å². The van der Waals surface area contributed by atoms with Crippen LogP contribution in [-0.2, 0) is 15.9 Å². The molecule has 1 aromatic rings. The third kappa shape index (κ3) is 3.90. The van der Waals surface area contributed by atoms with Crippen LogP contribution in [0.2, 0.25) is 0 Å². The average Bonchev–Trinajstić information content (AvgIpc) is 2.53. The van der Waals surface area contributed by atoms with Gasteiger partial charge in [0, 0.05) is 18.7 Å². The second kappa shape index (κ2) is 7.47. The summed E-state index contributed by atoms with van der Waals surface area (Å²) in [6.07, 6.45) is 3.86. The fraction of sp³-hybridized carbons (Fsp3) is 0.600. The van der Waals surface area contributed by atoms with Crippen molar-refractivity contribution in [3.8, 4) is 5.75 Å². The predicted octanol–water partition coefficient (Wildman–Crippen LogP) is 3.39. The van der Waals surface area contributed by atoms with Gasteiger partial charge in [-0.3, -0.25) is 0 Å². The molecule has 1 aliphatic heterocycles. The molecule has 0 aliphatic carbocycles. The number of rotatable bonds is 6. The van der Waals surface area contributed by atoms with E-state index in [1.165, 1.54) is 0 Å². The molecule has 21 heavy (non-hydrogen) atoms. The largest absolute Gasteiger partial charge is 0.493 e. The minimum Gasteiger partial charge on any atom is -0.493 e. The van der Waals surface area contributed by atoms with Gasteiger partial charge in [0.2, 0.25) is 10.0 Å². The molecular weight excluding hydrogens is 310 g/mol. The van der Waals surface area contributed by atoms with Crippen molar-refractivity contribution in [2.75, 3.05) is 19.7 Å². The van der Waals surface area contributed by atoms with Crippen molar-refractivity contribution in [1.82, 2.24) is 4.31 Å². The Morgan fingerprint density at radius 1 is 1.24 bits per heavy atom. The Balaban J connectivity index is 2.26. The second-order valence-electron chi connectivity index (χ2n) is 5.22. The van der Waals surface area contributed by atoms with E-state index in [4.69, 9.17) is 16.3 Å². The highest BCUT2D eigenvalue weighted by Gasteiger charge is 2.26. The zero-order valence-corrected chi connectivity index (χ0v) is 13.9. The van der Waals surface area contributed by atoms with Crippen LogP contribution in [-0.4, -0.2) is 32.4 Å². The molecule has 1 aromatic carbocycles.